The minimum atomic E-state index is -0.980. The zero-order chi connectivity index (χ0) is 17.9. The first-order chi connectivity index (χ1) is 11.5. The lowest BCUT2D eigenvalue weighted by molar-refractivity contribution is -0.137. The van der Waals surface area contributed by atoms with E-state index < -0.39 is 12.0 Å². The van der Waals surface area contributed by atoms with Gasteiger partial charge in [-0.3, -0.25) is 14.4 Å². The summed E-state index contributed by atoms with van der Waals surface area (Å²) in [5, 5.41) is 11.7. The predicted octanol–water partition coefficient (Wildman–Crippen LogP) is 2.30. The van der Waals surface area contributed by atoms with Crippen LogP contribution in [0.25, 0.3) is 0 Å². The fraction of sp³-hybridized carbons (Fsp3) is 0.500. The van der Waals surface area contributed by atoms with Gasteiger partial charge in [-0.15, -0.1) is 0 Å². The summed E-state index contributed by atoms with van der Waals surface area (Å²) in [6.45, 7) is 4.76. The maximum atomic E-state index is 12.8. The smallest absolute Gasteiger partial charge is 0.303 e. The van der Waals surface area contributed by atoms with Crippen molar-refractivity contribution in [1.82, 2.24) is 10.2 Å². The number of nitrogens with one attached hydrogen (secondary N) is 1. The van der Waals surface area contributed by atoms with E-state index in [0.717, 1.165) is 6.42 Å². The van der Waals surface area contributed by atoms with E-state index in [9.17, 15) is 14.4 Å². The number of carboxylic acid groups (broad SMARTS) is 1. The van der Waals surface area contributed by atoms with E-state index in [1.807, 2.05) is 19.9 Å². The molecule has 0 aliphatic heterocycles. The first-order valence-electron chi connectivity index (χ1n) is 8.36. The molecule has 0 fully saturated rings. The number of aliphatic carboxylic acids is 1. The van der Waals surface area contributed by atoms with Crippen LogP contribution in [-0.2, 0) is 9.59 Å². The van der Waals surface area contributed by atoms with Gasteiger partial charge in [0.2, 0.25) is 5.91 Å². The van der Waals surface area contributed by atoms with Gasteiger partial charge in [-0.05, 0) is 31.4 Å². The predicted molar refractivity (Wildman–Crippen MR) is 91.7 cm³/mol. The van der Waals surface area contributed by atoms with E-state index in [1.165, 1.54) is 4.90 Å². The number of carbonyl (C=O) groups is 3. The van der Waals surface area contributed by atoms with Crippen molar-refractivity contribution in [3.05, 3.63) is 35.9 Å². The Kier molecular flexibility index (Phi) is 8.54. The second kappa shape index (κ2) is 10.4. The quantitative estimate of drug-likeness (QED) is 0.687. The van der Waals surface area contributed by atoms with Crippen molar-refractivity contribution < 1.29 is 19.5 Å². The summed E-state index contributed by atoms with van der Waals surface area (Å²) < 4.78 is 0. The molecular weight excluding hydrogens is 308 g/mol. The number of benzene rings is 1. The Balaban J connectivity index is 3.03. The average Bonchev–Trinajstić information content (AvgIpc) is 2.59. The van der Waals surface area contributed by atoms with Crippen LogP contribution in [0.2, 0.25) is 0 Å². The Morgan fingerprint density at radius 2 is 1.79 bits per heavy atom. The maximum Gasteiger partial charge on any atom is 0.303 e. The third-order valence-electron chi connectivity index (χ3n) is 3.61. The topological polar surface area (TPSA) is 86.7 Å². The largest absolute Gasteiger partial charge is 0.481 e. The highest BCUT2D eigenvalue weighted by Gasteiger charge is 2.30. The van der Waals surface area contributed by atoms with Crippen molar-refractivity contribution in [1.29, 1.82) is 0 Å². The van der Waals surface area contributed by atoms with E-state index in [4.69, 9.17) is 5.11 Å². The summed E-state index contributed by atoms with van der Waals surface area (Å²) in [6, 6.07) is 7.96. The maximum absolute atomic E-state index is 12.8. The summed E-state index contributed by atoms with van der Waals surface area (Å²) in [4.78, 5) is 37.7. The fourth-order valence-electron chi connectivity index (χ4n) is 2.44. The molecule has 132 valence electrons. The lowest BCUT2D eigenvalue weighted by Gasteiger charge is -2.30. The van der Waals surface area contributed by atoms with Gasteiger partial charge in [-0.2, -0.15) is 0 Å². The van der Waals surface area contributed by atoms with E-state index in [0.29, 0.717) is 25.1 Å². The fourth-order valence-corrected chi connectivity index (χ4v) is 2.44. The molecule has 2 N–H and O–H groups in total. The van der Waals surface area contributed by atoms with Crippen LogP contribution in [0.4, 0.5) is 0 Å². The first-order valence-corrected chi connectivity index (χ1v) is 8.36. The molecule has 0 saturated heterocycles. The van der Waals surface area contributed by atoms with E-state index >= 15 is 0 Å². The lowest BCUT2D eigenvalue weighted by atomic mass is 10.1. The summed E-state index contributed by atoms with van der Waals surface area (Å²) in [7, 11) is 0. The Morgan fingerprint density at radius 1 is 1.12 bits per heavy atom. The number of carbonyl (C=O) groups excluding carboxylic acids is 2. The summed E-state index contributed by atoms with van der Waals surface area (Å²) in [5.74, 6) is -1.53. The van der Waals surface area contributed by atoms with Gasteiger partial charge in [0.1, 0.15) is 6.04 Å². The van der Waals surface area contributed by atoms with Crippen LogP contribution in [0.3, 0.4) is 0 Å². The monoisotopic (exact) mass is 334 g/mol. The third-order valence-corrected chi connectivity index (χ3v) is 3.61. The molecule has 0 spiro atoms. The van der Waals surface area contributed by atoms with Gasteiger partial charge in [0.25, 0.3) is 5.91 Å². The van der Waals surface area contributed by atoms with Crippen LogP contribution in [0, 0.1) is 0 Å². The molecule has 1 rings (SSSR count). The van der Waals surface area contributed by atoms with Gasteiger partial charge in [-0.25, -0.2) is 0 Å². The van der Waals surface area contributed by atoms with E-state index in [1.54, 1.807) is 24.3 Å². The van der Waals surface area contributed by atoms with Crippen molar-refractivity contribution >= 4 is 17.8 Å². The molecule has 1 atom stereocenters. The molecule has 0 bridgehead atoms. The molecule has 1 aromatic rings. The van der Waals surface area contributed by atoms with Crippen LogP contribution < -0.4 is 5.32 Å². The first kappa shape index (κ1) is 19.7. The highest BCUT2D eigenvalue weighted by molar-refractivity contribution is 5.97. The van der Waals surface area contributed by atoms with Gasteiger partial charge in [0, 0.05) is 25.1 Å². The van der Waals surface area contributed by atoms with Crippen LogP contribution >= 0.6 is 0 Å². The third kappa shape index (κ3) is 6.02. The van der Waals surface area contributed by atoms with Crippen LogP contribution in [0.5, 0.6) is 0 Å². The van der Waals surface area contributed by atoms with Crippen molar-refractivity contribution in [2.24, 2.45) is 0 Å². The molecule has 0 heterocycles. The average molecular weight is 334 g/mol. The standard InChI is InChI=1S/C18H26N2O4/c1-3-12-19-17(23)15(10-11-16(21)22)20(13-4-2)18(24)14-8-6-5-7-9-14/h5-9,15H,3-4,10-13H2,1-2H3,(H,19,23)(H,21,22). The molecular formula is C18H26N2O4. The number of carboxylic acids is 1. The summed E-state index contributed by atoms with van der Waals surface area (Å²) in [6.07, 6.45) is 1.40. The van der Waals surface area contributed by atoms with E-state index in [2.05, 4.69) is 5.32 Å². The minimum absolute atomic E-state index is 0.101. The lowest BCUT2D eigenvalue weighted by Crippen LogP contribution is -2.50. The molecule has 0 saturated carbocycles. The number of hydrogen-bond acceptors (Lipinski definition) is 3. The van der Waals surface area contributed by atoms with Gasteiger partial charge in [0.05, 0.1) is 0 Å². The van der Waals surface area contributed by atoms with Crippen molar-refractivity contribution in [3.8, 4) is 0 Å². The molecule has 2 amide bonds. The van der Waals surface area contributed by atoms with Crippen LogP contribution in [-0.4, -0.2) is 46.9 Å². The van der Waals surface area contributed by atoms with Crippen molar-refractivity contribution in [2.45, 2.75) is 45.6 Å². The van der Waals surface area contributed by atoms with E-state index in [-0.39, 0.29) is 24.7 Å². The number of hydrogen-bond donors (Lipinski definition) is 2. The second-order valence-corrected chi connectivity index (χ2v) is 5.60. The SMILES string of the molecule is CCCNC(=O)C(CCC(=O)O)N(CCC)C(=O)c1ccccc1. The zero-order valence-corrected chi connectivity index (χ0v) is 14.3. The molecule has 0 aliphatic carbocycles. The van der Waals surface area contributed by atoms with Crippen molar-refractivity contribution in [3.63, 3.8) is 0 Å². The van der Waals surface area contributed by atoms with Gasteiger partial charge in [0.15, 0.2) is 0 Å². The molecule has 24 heavy (non-hydrogen) atoms. The molecule has 6 heteroatoms. The molecule has 1 aromatic carbocycles. The number of rotatable bonds is 10. The summed E-state index contributed by atoms with van der Waals surface area (Å²) in [5.41, 5.74) is 0.495. The Bertz CT molecular complexity index is 545. The second-order valence-electron chi connectivity index (χ2n) is 5.60. The summed E-state index contributed by atoms with van der Waals surface area (Å²) >= 11 is 0. The molecule has 0 radical (unpaired) electrons. The number of amides is 2. The highest BCUT2D eigenvalue weighted by atomic mass is 16.4. The normalized spacial score (nSPS) is 11.6. The van der Waals surface area contributed by atoms with Crippen LogP contribution in [0.15, 0.2) is 30.3 Å². The molecule has 0 aromatic heterocycles. The Hall–Kier alpha value is -2.37. The molecule has 1 unspecified atom stereocenters. The Labute approximate surface area is 142 Å². The highest BCUT2D eigenvalue weighted by Crippen LogP contribution is 2.14. The van der Waals surface area contributed by atoms with Gasteiger partial charge in [-0.1, -0.05) is 32.0 Å². The number of nitrogens with zero attached hydrogens (tertiary/aromatic N) is 1. The minimum Gasteiger partial charge on any atom is -0.481 e. The van der Waals surface area contributed by atoms with Gasteiger partial charge < -0.3 is 15.3 Å². The van der Waals surface area contributed by atoms with Gasteiger partial charge >= 0.3 is 5.97 Å². The molecule has 6 nitrogen and oxygen atoms in total. The van der Waals surface area contributed by atoms with Crippen LogP contribution in [0.1, 0.15) is 49.9 Å². The Morgan fingerprint density at radius 3 is 2.33 bits per heavy atom. The zero-order valence-electron chi connectivity index (χ0n) is 14.3. The van der Waals surface area contributed by atoms with Crippen molar-refractivity contribution in [2.75, 3.05) is 13.1 Å². The molecule has 0 aliphatic rings.